The van der Waals surface area contributed by atoms with Crippen LogP contribution in [0.4, 0.5) is 4.79 Å². The Labute approximate surface area is 132 Å². The monoisotopic (exact) mass is 306 g/mol. The quantitative estimate of drug-likeness (QED) is 0.874. The highest BCUT2D eigenvalue weighted by Crippen LogP contribution is 2.12. The van der Waals surface area contributed by atoms with E-state index in [0.29, 0.717) is 19.7 Å². The summed E-state index contributed by atoms with van der Waals surface area (Å²) < 4.78 is 5.36. The fourth-order valence-electron chi connectivity index (χ4n) is 2.80. The number of aliphatic hydroxyl groups excluding tert-OH is 1. The molecule has 1 N–H and O–H groups in total. The van der Waals surface area contributed by atoms with Crippen LogP contribution in [0, 0.1) is 0 Å². The minimum absolute atomic E-state index is 0.187. The summed E-state index contributed by atoms with van der Waals surface area (Å²) in [6.45, 7) is 5.54. The minimum Gasteiger partial charge on any atom is -0.445 e. The van der Waals surface area contributed by atoms with Crippen molar-refractivity contribution < 1.29 is 14.6 Å². The van der Waals surface area contributed by atoms with Crippen molar-refractivity contribution in [3.05, 3.63) is 35.9 Å². The van der Waals surface area contributed by atoms with Crippen LogP contribution in [-0.2, 0) is 11.3 Å². The first-order chi connectivity index (χ1) is 10.7. The van der Waals surface area contributed by atoms with E-state index in [-0.39, 0.29) is 18.7 Å². The molecule has 0 saturated carbocycles. The molecule has 1 amide bonds. The number of benzene rings is 1. The highest BCUT2D eigenvalue weighted by Gasteiger charge is 2.26. The molecule has 1 fully saturated rings. The fourth-order valence-corrected chi connectivity index (χ4v) is 2.80. The van der Waals surface area contributed by atoms with E-state index >= 15 is 0 Å². The second-order valence-electron chi connectivity index (χ2n) is 5.69. The highest BCUT2D eigenvalue weighted by atomic mass is 16.6. The van der Waals surface area contributed by atoms with Crippen LogP contribution < -0.4 is 0 Å². The third-order valence-electron chi connectivity index (χ3n) is 4.13. The van der Waals surface area contributed by atoms with E-state index in [2.05, 4.69) is 11.8 Å². The standard InChI is InChI=1S/C17H26N2O3/c1-2-6-16(13-20)18-9-11-19(12-10-18)17(21)22-14-15-7-4-3-5-8-15/h3-5,7-8,16,20H,2,6,9-14H2,1H3. The zero-order valence-electron chi connectivity index (χ0n) is 13.3. The summed E-state index contributed by atoms with van der Waals surface area (Å²) in [4.78, 5) is 16.1. The van der Waals surface area contributed by atoms with Crippen LogP contribution in [0.3, 0.4) is 0 Å². The van der Waals surface area contributed by atoms with Crippen molar-refractivity contribution in [2.75, 3.05) is 32.8 Å². The Hall–Kier alpha value is -1.59. The van der Waals surface area contributed by atoms with E-state index in [1.54, 1.807) is 4.90 Å². The van der Waals surface area contributed by atoms with Crippen LogP contribution in [0.2, 0.25) is 0 Å². The average molecular weight is 306 g/mol. The Morgan fingerprint density at radius 1 is 1.23 bits per heavy atom. The van der Waals surface area contributed by atoms with Crippen molar-refractivity contribution in [1.82, 2.24) is 9.80 Å². The van der Waals surface area contributed by atoms with Crippen LogP contribution in [-0.4, -0.2) is 59.8 Å². The molecular formula is C17H26N2O3. The van der Waals surface area contributed by atoms with E-state index in [1.165, 1.54) is 0 Å². The molecule has 0 radical (unpaired) electrons. The molecule has 122 valence electrons. The molecule has 5 nitrogen and oxygen atoms in total. The number of carbonyl (C=O) groups excluding carboxylic acids is 1. The molecule has 2 rings (SSSR count). The number of nitrogens with zero attached hydrogens (tertiary/aromatic N) is 2. The number of hydrogen-bond donors (Lipinski definition) is 1. The summed E-state index contributed by atoms with van der Waals surface area (Å²) in [5.41, 5.74) is 0.998. The molecular weight excluding hydrogens is 280 g/mol. The van der Waals surface area contributed by atoms with Crippen molar-refractivity contribution in [3.63, 3.8) is 0 Å². The van der Waals surface area contributed by atoms with Gasteiger partial charge in [0.15, 0.2) is 0 Å². The number of rotatable bonds is 6. The molecule has 1 heterocycles. The van der Waals surface area contributed by atoms with E-state index in [4.69, 9.17) is 4.74 Å². The lowest BCUT2D eigenvalue weighted by molar-refractivity contribution is 0.0444. The van der Waals surface area contributed by atoms with Gasteiger partial charge >= 0.3 is 6.09 Å². The normalized spacial score (nSPS) is 17.3. The predicted molar refractivity (Wildman–Crippen MR) is 85.6 cm³/mol. The lowest BCUT2D eigenvalue weighted by atomic mass is 10.1. The van der Waals surface area contributed by atoms with Gasteiger partial charge in [-0.2, -0.15) is 0 Å². The van der Waals surface area contributed by atoms with Gasteiger partial charge in [-0.05, 0) is 12.0 Å². The maximum Gasteiger partial charge on any atom is 0.410 e. The Balaban J connectivity index is 1.75. The van der Waals surface area contributed by atoms with Crippen molar-refractivity contribution in [2.24, 2.45) is 0 Å². The molecule has 1 aromatic rings. The SMILES string of the molecule is CCCC(CO)N1CCN(C(=O)OCc2ccccc2)CC1. The number of amides is 1. The number of hydrogen-bond acceptors (Lipinski definition) is 4. The maximum atomic E-state index is 12.1. The summed E-state index contributed by atoms with van der Waals surface area (Å²) in [5.74, 6) is 0. The van der Waals surface area contributed by atoms with Crippen molar-refractivity contribution >= 4 is 6.09 Å². The van der Waals surface area contributed by atoms with Gasteiger partial charge in [0.05, 0.1) is 6.61 Å². The lowest BCUT2D eigenvalue weighted by Crippen LogP contribution is -2.52. The average Bonchev–Trinajstić information content (AvgIpc) is 2.58. The van der Waals surface area contributed by atoms with Crippen LogP contribution in [0.5, 0.6) is 0 Å². The maximum absolute atomic E-state index is 12.1. The predicted octanol–water partition coefficient (Wildman–Crippen LogP) is 2.10. The summed E-state index contributed by atoms with van der Waals surface area (Å²) in [6.07, 6.45) is 1.80. The summed E-state index contributed by atoms with van der Waals surface area (Å²) in [5, 5.41) is 9.45. The topological polar surface area (TPSA) is 53.0 Å². The number of ether oxygens (including phenoxy) is 1. The zero-order chi connectivity index (χ0) is 15.8. The van der Waals surface area contributed by atoms with Gasteiger partial charge < -0.3 is 14.7 Å². The Morgan fingerprint density at radius 2 is 1.91 bits per heavy atom. The van der Waals surface area contributed by atoms with Crippen LogP contribution in [0.1, 0.15) is 25.3 Å². The van der Waals surface area contributed by atoms with Crippen molar-refractivity contribution in [3.8, 4) is 0 Å². The smallest absolute Gasteiger partial charge is 0.410 e. The van der Waals surface area contributed by atoms with Gasteiger partial charge in [0.25, 0.3) is 0 Å². The summed E-state index contributed by atoms with van der Waals surface area (Å²) in [7, 11) is 0. The Morgan fingerprint density at radius 3 is 2.50 bits per heavy atom. The fraction of sp³-hybridized carbons (Fsp3) is 0.588. The van der Waals surface area contributed by atoms with Gasteiger partial charge in [-0.25, -0.2) is 4.79 Å². The molecule has 1 unspecified atom stereocenters. The molecule has 22 heavy (non-hydrogen) atoms. The molecule has 1 atom stereocenters. The molecule has 0 aromatic heterocycles. The molecule has 1 aliphatic heterocycles. The summed E-state index contributed by atoms with van der Waals surface area (Å²) >= 11 is 0. The van der Waals surface area contributed by atoms with E-state index in [0.717, 1.165) is 31.5 Å². The first-order valence-corrected chi connectivity index (χ1v) is 8.05. The van der Waals surface area contributed by atoms with Gasteiger partial charge in [0.2, 0.25) is 0 Å². The first kappa shape index (κ1) is 16.8. The Kier molecular flexibility index (Phi) is 6.68. The lowest BCUT2D eigenvalue weighted by Gasteiger charge is -2.38. The van der Waals surface area contributed by atoms with Crippen LogP contribution >= 0.6 is 0 Å². The molecule has 1 aliphatic rings. The molecule has 5 heteroatoms. The third-order valence-corrected chi connectivity index (χ3v) is 4.13. The van der Waals surface area contributed by atoms with Crippen molar-refractivity contribution in [2.45, 2.75) is 32.4 Å². The van der Waals surface area contributed by atoms with Gasteiger partial charge in [-0.1, -0.05) is 43.7 Å². The van der Waals surface area contributed by atoms with E-state index in [1.807, 2.05) is 30.3 Å². The van der Waals surface area contributed by atoms with Gasteiger partial charge in [-0.15, -0.1) is 0 Å². The molecule has 0 aliphatic carbocycles. The van der Waals surface area contributed by atoms with E-state index in [9.17, 15) is 9.90 Å². The molecule has 1 saturated heterocycles. The first-order valence-electron chi connectivity index (χ1n) is 8.05. The van der Waals surface area contributed by atoms with Crippen molar-refractivity contribution in [1.29, 1.82) is 0 Å². The highest BCUT2D eigenvalue weighted by molar-refractivity contribution is 5.67. The minimum atomic E-state index is -0.250. The number of carbonyl (C=O) groups is 1. The molecule has 1 aromatic carbocycles. The van der Waals surface area contributed by atoms with Crippen LogP contribution in [0.25, 0.3) is 0 Å². The largest absolute Gasteiger partial charge is 0.445 e. The van der Waals surface area contributed by atoms with E-state index < -0.39 is 0 Å². The zero-order valence-corrected chi connectivity index (χ0v) is 13.3. The van der Waals surface area contributed by atoms with Crippen LogP contribution in [0.15, 0.2) is 30.3 Å². The van der Waals surface area contributed by atoms with Gasteiger partial charge in [0, 0.05) is 32.2 Å². The number of piperazine rings is 1. The number of aliphatic hydroxyl groups is 1. The second-order valence-corrected chi connectivity index (χ2v) is 5.69. The third kappa shape index (κ3) is 4.71. The van der Waals surface area contributed by atoms with Gasteiger partial charge in [-0.3, -0.25) is 4.90 Å². The van der Waals surface area contributed by atoms with Gasteiger partial charge in [0.1, 0.15) is 6.61 Å². The second kappa shape index (κ2) is 8.76. The summed E-state index contributed by atoms with van der Waals surface area (Å²) in [6, 6.07) is 9.92. The molecule has 0 bridgehead atoms. The molecule has 0 spiro atoms. The Bertz CT molecular complexity index is 444.